The fourth-order valence-corrected chi connectivity index (χ4v) is 4.76. The second-order valence-corrected chi connectivity index (χ2v) is 9.04. The number of aryl methyl sites for hydroxylation is 1. The van der Waals surface area contributed by atoms with Gasteiger partial charge in [0.05, 0.1) is 4.90 Å². The number of carbonyl (C=O) groups is 1. The number of hydrogen-bond donors (Lipinski definition) is 1. The van der Waals surface area contributed by atoms with E-state index in [1.807, 2.05) is 7.05 Å². The van der Waals surface area contributed by atoms with Crippen molar-refractivity contribution in [2.24, 2.45) is 0 Å². The zero-order valence-corrected chi connectivity index (χ0v) is 17.1. The fourth-order valence-electron chi connectivity index (χ4n) is 3.30. The van der Waals surface area contributed by atoms with E-state index in [2.05, 4.69) is 15.2 Å². The molecule has 2 aromatic carbocycles. The minimum Gasteiger partial charge on any atom is -0.441 e. The Morgan fingerprint density at radius 1 is 1.10 bits per heavy atom. The number of nitrogens with zero attached hydrogens (tertiary/aromatic N) is 3. The first-order valence-electron chi connectivity index (χ1n) is 9.30. The average Bonchev–Trinajstić information content (AvgIpc) is 3.07. The average molecular weight is 414 g/mol. The summed E-state index contributed by atoms with van der Waals surface area (Å²) in [6.45, 7) is 3.99. The normalized spacial score (nSPS) is 16.2. The molecular formula is C20H22N4O4S. The van der Waals surface area contributed by atoms with Crippen molar-refractivity contribution in [2.45, 2.75) is 11.8 Å². The molecule has 152 valence electrons. The molecule has 1 aliphatic rings. The van der Waals surface area contributed by atoms with Crippen LogP contribution in [0.1, 0.15) is 16.2 Å². The number of nitrogens with one attached hydrogen (secondary N) is 1. The minimum atomic E-state index is -3.64. The molecule has 1 aromatic heterocycles. The monoisotopic (exact) mass is 414 g/mol. The van der Waals surface area contributed by atoms with E-state index in [-0.39, 0.29) is 10.5 Å². The van der Waals surface area contributed by atoms with Gasteiger partial charge in [0.1, 0.15) is 5.52 Å². The van der Waals surface area contributed by atoms with Gasteiger partial charge in [-0.05, 0) is 37.4 Å². The molecule has 9 heteroatoms. The summed E-state index contributed by atoms with van der Waals surface area (Å²) >= 11 is 0. The predicted molar refractivity (Wildman–Crippen MR) is 109 cm³/mol. The Morgan fingerprint density at radius 2 is 1.86 bits per heavy atom. The Bertz CT molecular complexity index is 1160. The van der Waals surface area contributed by atoms with Crippen LogP contribution in [0.5, 0.6) is 0 Å². The zero-order valence-electron chi connectivity index (χ0n) is 16.3. The van der Waals surface area contributed by atoms with E-state index in [0.29, 0.717) is 48.9 Å². The van der Waals surface area contributed by atoms with Crippen LogP contribution < -0.4 is 5.32 Å². The van der Waals surface area contributed by atoms with Gasteiger partial charge in [0, 0.05) is 50.4 Å². The van der Waals surface area contributed by atoms with Crippen LogP contribution in [0.15, 0.2) is 51.8 Å². The topological polar surface area (TPSA) is 95.7 Å². The van der Waals surface area contributed by atoms with Crippen molar-refractivity contribution in [1.82, 2.24) is 14.2 Å². The van der Waals surface area contributed by atoms with Crippen molar-refractivity contribution in [3.8, 4) is 0 Å². The van der Waals surface area contributed by atoms with Crippen LogP contribution in [-0.4, -0.2) is 61.7 Å². The lowest BCUT2D eigenvalue weighted by atomic mass is 10.2. The van der Waals surface area contributed by atoms with Crippen molar-refractivity contribution in [1.29, 1.82) is 0 Å². The van der Waals surface area contributed by atoms with Gasteiger partial charge in [0.25, 0.3) is 5.91 Å². The Balaban J connectivity index is 1.54. The smallest absolute Gasteiger partial charge is 0.255 e. The Kier molecular flexibility index (Phi) is 5.12. The Hall–Kier alpha value is -2.75. The Morgan fingerprint density at radius 3 is 2.62 bits per heavy atom. The highest BCUT2D eigenvalue weighted by Gasteiger charge is 2.28. The van der Waals surface area contributed by atoms with Crippen LogP contribution in [0.3, 0.4) is 0 Å². The molecular weight excluding hydrogens is 392 g/mol. The number of sulfonamides is 1. The maximum absolute atomic E-state index is 12.9. The van der Waals surface area contributed by atoms with Gasteiger partial charge in [0.15, 0.2) is 11.5 Å². The summed E-state index contributed by atoms with van der Waals surface area (Å²) in [6, 6.07) is 11.3. The number of likely N-dealkylation sites (N-methyl/N-ethyl adjacent to an activating group) is 1. The molecule has 0 bridgehead atoms. The second-order valence-electron chi connectivity index (χ2n) is 7.10. The van der Waals surface area contributed by atoms with Crippen LogP contribution in [0.25, 0.3) is 11.1 Å². The Labute approximate surface area is 169 Å². The van der Waals surface area contributed by atoms with Gasteiger partial charge in [0.2, 0.25) is 10.0 Å². The number of rotatable bonds is 4. The third kappa shape index (κ3) is 4.02. The molecule has 0 radical (unpaired) electrons. The molecule has 1 aliphatic heterocycles. The number of oxazole rings is 1. The van der Waals surface area contributed by atoms with Gasteiger partial charge in [-0.25, -0.2) is 13.4 Å². The van der Waals surface area contributed by atoms with Gasteiger partial charge in [-0.3, -0.25) is 4.79 Å². The maximum Gasteiger partial charge on any atom is 0.255 e. The van der Waals surface area contributed by atoms with Crippen LogP contribution in [-0.2, 0) is 10.0 Å². The third-order valence-corrected chi connectivity index (χ3v) is 6.84. The standard InChI is InChI=1S/C20H22N4O4S/c1-14-21-18-7-6-16(13-19(18)28-14)22-20(25)15-4-3-5-17(12-15)29(26,27)24-10-8-23(2)9-11-24/h3-7,12-13H,8-11H2,1-2H3,(H,22,25). The van der Waals surface area contributed by atoms with Crippen molar-refractivity contribution in [3.63, 3.8) is 0 Å². The summed E-state index contributed by atoms with van der Waals surface area (Å²) in [5, 5.41) is 2.78. The zero-order chi connectivity index (χ0) is 20.6. The van der Waals surface area contributed by atoms with Crippen LogP contribution in [0.2, 0.25) is 0 Å². The molecule has 1 saturated heterocycles. The lowest BCUT2D eigenvalue weighted by molar-refractivity contribution is 0.102. The van der Waals surface area contributed by atoms with Gasteiger partial charge < -0.3 is 14.6 Å². The van der Waals surface area contributed by atoms with Crippen molar-refractivity contribution < 1.29 is 17.6 Å². The largest absolute Gasteiger partial charge is 0.441 e. The number of amides is 1. The molecule has 2 heterocycles. The van der Waals surface area contributed by atoms with Gasteiger partial charge in [-0.15, -0.1) is 0 Å². The third-order valence-electron chi connectivity index (χ3n) is 4.95. The van der Waals surface area contributed by atoms with Gasteiger partial charge >= 0.3 is 0 Å². The van der Waals surface area contributed by atoms with Crippen molar-refractivity contribution in [3.05, 3.63) is 53.9 Å². The molecule has 0 atom stereocenters. The quantitative estimate of drug-likeness (QED) is 0.704. The van der Waals surface area contributed by atoms with Crippen LogP contribution in [0, 0.1) is 6.92 Å². The highest BCUT2D eigenvalue weighted by Crippen LogP contribution is 2.22. The van der Waals surface area contributed by atoms with Crippen molar-refractivity contribution >= 4 is 32.7 Å². The number of carbonyl (C=O) groups excluding carboxylic acids is 1. The minimum absolute atomic E-state index is 0.121. The summed E-state index contributed by atoms with van der Waals surface area (Å²) in [7, 11) is -1.67. The molecule has 4 rings (SSSR count). The van der Waals surface area contributed by atoms with E-state index in [9.17, 15) is 13.2 Å². The molecule has 1 fully saturated rings. The van der Waals surface area contributed by atoms with E-state index >= 15 is 0 Å². The summed E-state index contributed by atoms with van der Waals surface area (Å²) in [5.41, 5.74) is 2.10. The van der Waals surface area contributed by atoms with E-state index in [0.717, 1.165) is 0 Å². The number of anilines is 1. The molecule has 0 aliphatic carbocycles. The molecule has 8 nitrogen and oxygen atoms in total. The summed E-state index contributed by atoms with van der Waals surface area (Å²) < 4.78 is 32.8. The predicted octanol–water partition coefficient (Wildman–Crippen LogP) is 2.32. The molecule has 0 unspecified atom stereocenters. The lowest BCUT2D eigenvalue weighted by Crippen LogP contribution is -2.47. The lowest BCUT2D eigenvalue weighted by Gasteiger charge is -2.31. The molecule has 29 heavy (non-hydrogen) atoms. The summed E-state index contributed by atoms with van der Waals surface area (Å²) in [6.07, 6.45) is 0. The van der Waals surface area contributed by atoms with E-state index in [1.165, 1.54) is 16.4 Å². The first kappa shape index (κ1) is 19.6. The van der Waals surface area contributed by atoms with Gasteiger partial charge in [-0.1, -0.05) is 6.07 Å². The van der Waals surface area contributed by atoms with E-state index < -0.39 is 15.9 Å². The van der Waals surface area contributed by atoms with E-state index in [1.54, 1.807) is 37.3 Å². The number of benzene rings is 2. The number of aromatic nitrogens is 1. The number of hydrogen-bond acceptors (Lipinski definition) is 6. The molecule has 0 spiro atoms. The SMILES string of the molecule is Cc1nc2ccc(NC(=O)c3cccc(S(=O)(=O)N4CCN(C)CC4)c3)cc2o1. The van der Waals surface area contributed by atoms with E-state index in [4.69, 9.17) is 4.42 Å². The maximum atomic E-state index is 12.9. The van der Waals surface area contributed by atoms with Crippen LogP contribution in [0.4, 0.5) is 5.69 Å². The highest BCUT2D eigenvalue weighted by molar-refractivity contribution is 7.89. The first-order chi connectivity index (χ1) is 13.8. The molecule has 3 aromatic rings. The van der Waals surface area contributed by atoms with Crippen molar-refractivity contribution in [2.75, 3.05) is 38.5 Å². The van der Waals surface area contributed by atoms with Crippen LogP contribution >= 0.6 is 0 Å². The molecule has 0 saturated carbocycles. The summed E-state index contributed by atoms with van der Waals surface area (Å²) in [4.78, 5) is 19.1. The number of fused-ring (bicyclic) bond motifs is 1. The molecule has 1 amide bonds. The number of piperazine rings is 1. The first-order valence-corrected chi connectivity index (χ1v) is 10.7. The summed E-state index contributed by atoms with van der Waals surface area (Å²) in [5.74, 6) is 0.154. The fraction of sp³-hybridized carbons (Fsp3) is 0.300. The van der Waals surface area contributed by atoms with Gasteiger partial charge in [-0.2, -0.15) is 4.31 Å². The highest BCUT2D eigenvalue weighted by atomic mass is 32.2. The molecule has 1 N–H and O–H groups in total. The second kappa shape index (κ2) is 7.58.